The summed E-state index contributed by atoms with van der Waals surface area (Å²) in [7, 11) is -9.92. The minimum absolute atomic E-state index is 0.107. The van der Waals surface area contributed by atoms with Gasteiger partial charge in [-0.05, 0) is 37.5 Å². The van der Waals surface area contributed by atoms with Gasteiger partial charge in [0.25, 0.3) is 0 Å². The maximum atomic E-state index is 13.1. The second-order valence-electron chi connectivity index (χ2n) is 31.2. The Hall–Kier alpha value is -1.94. The quantitative estimate of drug-likeness (QED) is 0.0222. The summed E-state index contributed by atoms with van der Waals surface area (Å²) < 4.78 is 68.7. The van der Waals surface area contributed by atoms with Crippen LogP contribution in [0.1, 0.15) is 446 Å². The van der Waals surface area contributed by atoms with Crippen LogP contribution >= 0.6 is 15.6 Å². The standard InChI is InChI=1S/C84H164O17P2/c1-7-9-11-13-15-17-18-19-20-21-25-28-33-38-43-49-55-61-67-82(87)95-73-80(101-84(89)68-62-56-50-44-39-34-29-26-23-22-24-27-31-36-41-46-52-58-64-76(3)4)75-99-103(92,93)97-71-78(85)70-96-102(90,91)98-74-79(72-94-81(86)66-60-54-48-16-14-12-10-8-2)100-83(88)69-63-57-51-45-40-35-30-32-37-42-47-53-59-65-77(5)6/h76-80,85H,7-75H2,1-6H3,(H,90,91)(H,92,93)/t78-,79+,80+/m0/s1. The zero-order valence-electron chi connectivity index (χ0n) is 67.6. The van der Waals surface area contributed by atoms with Crippen LogP contribution in [0.4, 0.5) is 0 Å². The van der Waals surface area contributed by atoms with Crippen molar-refractivity contribution in [3.05, 3.63) is 0 Å². The molecule has 103 heavy (non-hydrogen) atoms. The molecule has 0 saturated heterocycles. The van der Waals surface area contributed by atoms with E-state index in [4.69, 9.17) is 37.0 Å². The number of phosphoric ester groups is 2. The fourth-order valence-electron chi connectivity index (χ4n) is 13.1. The minimum Gasteiger partial charge on any atom is -0.462 e. The monoisotopic (exact) mass is 1510 g/mol. The van der Waals surface area contributed by atoms with Crippen molar-refractivity contribution in [1.29, 1.82) is 0 Å². The van der Waals surface area contributed by atoms with Crippen molar-refractivity contribution >= 4 is 39.5 Å². The van der Waals surface area contributed by atoms with Crippen LogP contribution in [0.2, 0.25) is 0 Å². The van der Waals surface area contributed by atoms with Crippen LogP contribution in [-0.2, 0) is 65.4 Å². The number of aliphatic hydroxyl groups is 1. The van der Waals surface area contributed by atoms with Crippen LogP contribution < -0.4 is 0 Å². The first kappa shape index (κ1) is 101. The van der Waals surface area contributed by atoms with Gasteiger partial charge in [0.05, 0.1) is 26.4 Å². The molecule has 17 nitrogen and oxygen atoms in total. The number of esters is 4. The maximum Gasteiger partial charge on any atom is 0.472 e. The van der Waals surface area contributed by atoms with Gasteiger partial charge in [0.1, 0.15) is 19.3 Å². The number of hydrogen-bond acceptors (Lipinski definition) is 15. The summed E-state index contributed by atoms with van der Waals surface area (Å²) in [6, 6.07) is 0. The molecule has 19 heteroatoms. The van der Waals surface area contributed by atoms with Gasteiger partial charge in [-0.2, -0.15) is 0 Å². The van der Waals surface area contributed by atoms with Gasteiger partial charge in [-0.3, -0.25) is 37.3 Å². The first-order valence-electron chi connectivity index (χ1n) is 43.5. The second kappa shape index (κ2) is 75.5. The lowest BCUT2D eigenvalue weighted by molar-refractivity contribution is -0.161. The van der Waals surface area contributed by atoms with Gasteiger partial charge < -0.3 is 33.8 Å². The third-order valence-electron chi connectivity index (χ3n) is 19.7. The highest BCUT2D eigenvalue weighted by Crippen LogP contribution is 2.45. The van der Waals surface area contributed by atoms with Gasteiger partial charge in [0.2, 0.25) is 0 Å². The topological polar surface area (TPSA) is 237 Å². The van der Waals surface area contributed by atoms with Crippen LogP contribution in [0.15, 0.2) is 0 Å². The lowest BCUT2D eigenvalue weighted by atomic mass is 10.0. The predicted molar refractivity (Wildman–Crippen MR) is 423 cm³/mol. The highest BCUT2D eigenvalue weighted by Gasteiger charge is 2.30. The summed E-state index contributed by atoms with van der Waals surface area (Å²) in [5.41, 5.74) is 0. The Labute approximate surface area is 632 Å². The van der Waals surface area contributed by atoms with Crippen LogP contribution in [-0.4, -0.2) is 96.7 Å². The van der Waals surface area contributed by atoms with Gasteiger partial charge in [-0.15, -0.1) is 0 Å². The summed E-state index contributed by atoms with van der Waals surface area (Å²) in [5, 5.41) is 10.6. The zero-order chi connectivity index (χ0) is 75.6. The Balaban J connectivity index is 5.19. The molecule has 0 heterocycles. The highest BCUT2D eigenvalue weighted by atomic mass is 31.2. The minimum atomic E-state index is -4.96. The Bertz CT molecular complexity index is 1980. The molecule has 0 spiro atoms. The molecule has 0 rings (SSSR count). The molecule has 2 unspecified atom stereocenters. The Morgan fingerprint density at radius 1 is 0.262 bits per heavy atom. The van der Waals surface area contributed by atoms with Crippen LogP contribution in [0.5, 0.6) is 0 Å². The molecule has 612 valence electrons. The van der Waals surface area contributed by atoms with Crippen LogP contribution in [0, 0.1) is 11.8 Å². The highest BCUT2D eigenvalue weighted by molar-refractivity contribution is 7.47. The lowest BCUT2D eigenvalue weighted by Gasteiger charge is -2.21. The van der Waals surface area contributed by atoms with Crippen LogP contribution in [0.25, 0.3) is 0 Å². The van der Waals surface area contributed by atoms with E-state index >= 15 is 0 Å². The smallest absolute Gasteiger partial charge is 0.462 e. The first-order valence-corrected chi connectivity index (χ1v) is 46.5. The number of unbranched alkanes of at least 4 members (excludes halogenated alkanes) is 53. The van der Waals surface area contributed by atoms with Crippen molar-refractivity contribution in [1.82, 2.24) is 0 Å². The van der Waals surface area contributed by atoms with Gasteiger partial charge in [0, 0.05) is 25.7 Å². The Morgan fingerprint density at radius 3 is 0.660 bits per heavy atom. The number of aliphatic hydroxyl groups excluding tert-OH is 1. The van der Waals surface area contributed by atoms with E-state index in [1.165, 1.54) is 257 Å². The third-order valence-corrected chi connectivity index (χ3v) is 21.6. The molecular weight excluding hydrogens is 1340 g/mol. The normalized spacial score (nSPS) is 13.9. The molecule has 0 aromatic rings. The first-order chi connectivity index (χ1) is 49.9. The van der Waals surface area contributed by atoms with Crippen LogP contribution in [0.3, 0.4) is 0 Å². The zero-order valence-corrected chi connectivity index (χ0v) is 69.4. The number of ether oxygens (including phenoxy) is 4. The van der Waals surface area contributed by atoms with E-state index in [1.807, 2.05) is 0 Å². The molecule has 0 fully saturated rings. The largest absolute Gasteiger partial charge is 0.472 e. The van der Waals surface area contributed by atoms with Crippen molar-refractivity contribution in [2.75, 3.05) is 39.6 Å². The summed E-state index contributed by atoms with van der Waals surface area (Å²) in [6.07, 6.45) is 66.7. The van der Waals surface area contributed by atoms with E-state index in [2.05, 4.69) is 41.5 Å². The predicted octanol–water partition coefficient (Wildman–Crippen LogP) is 25.5. The van der Waals surface area contributed by atoms with Crippen molar-refractivity contribution in [2.45, 2.75) is 464 Å². The van der Waals surface area contributed by atoms with E-state index in [1.54, 1.807) is 0 Å². The van der Waals surface area contributed by atoms with E-state index in [9.17, 15) is 43.2 Å². The molecule has 0 aromatic carbocycles. The molecule has 0 aromatic heterocycles. The number of carbonyl (C=O) groups excluding carboxylic acids is 4. The number of rotatable bonds is 83. The Morgan fingerprint density at radius 2 is 0.447 bits per heavy atom. The second-order valence-corrected chi connectivity index (χ2v) is 34.1. The molecule has 0 aliphatic carbocycles. The fraction of sp³-hybridized carbons (Fsp3) is 0.952. The van der Waals surface area contributed by atoms with E-state index < -0.39 is 97.5 Å². The Kier molecular flexibility index (Phi) is 74.1. The van der Waals surface area contributed by atoms with Gasteiger partial charge >= 0.3 is 39.5 Å². The van der Waals surface area contributed by atoms with Gasteiger partial charge in [-0.25, -0.2) is 9.13 Å². The number of carbonyl (C=O) groups is 4. The summed E-state index contributed by atoms with van der Waals surface area (Å²) in [5.74, 6) is -0.500. The van der Waals surface area contributed by atoms with Crippen molar-refractivity contribution in [3.8, 4) is 0 Å². The van der Waals surface area contributed by atoms with Crippen molar-refractivity contribution in [2.24, 2.45) is 11.8 Å². The van der Waals surface area contributed by atoms with E-state index in [0.717, 1.165) is 108 Å². The third kappa shape index (κ3) is 78.0. The molecule has 0 radical (unpaired) electrons. The molecule has 0 amide bonds. The molecule has 0 aliphatic rings. The maximum absolute atomic E-state index is 13.1. The summed E-state index contributed by atoms with van der Waals surface area (Å²) in [4.78, 5) is 73.0. The van der Waals surface area contributed by atoms with Crippen molar-refractivity contribution in [3.63, 3.8) is 0 Å². The molecule has 0 bridgehead atoms. The lowest BCUT2D eigenvalue weighted by Crippen LogP contribution is -2.30. The van der Waals surface area contributed by atoms with Crippen molar-refractivity contribution < 1.29 is 80.2 Å². The molecule has 5 atom stereocenters. The molecule has 0 saturated carbocycles. The molecule has 0 aliphatic heterocycles. The number of phosphoric acid groups is 2. The summed E-state index contributed by atoms with van der Waals surface area (Å²) >= 11 is 0. The summed E-state index contributed by atoms with van der Waals surface area (Å²) in [6.45, 7) is 9.68. The SMILES string of the molecule is CCCCCCCCCCCCCCCCCCCCC(=O)OC[C@H](COP(=O)(O)OC[C@@H](O)COP(=O)(O)OC[C@@H](COC(=O)CCCCCCCCCC)OC(=O)CCCCCCCCCCCCCCCC(C)C)OC(=O)CCCCCCCCCCCCCCCCCCCCC(C)C. The molecular formula is C84H164O17P2. The number of hydrogen-bond donors (Lipinski definition) is 3. The molecule has 3 N–H and O–H groups in total. The average Bonchev–Trinajstić information content (AvgIpc) is 0.906. The van der Waals surface area contributed by atoms with Gasteiger partial charge in [0.15, 0.2) is 12.2 Å². The van der Waals surface area contributed by atoms with E-state index in [0.29, 0.717) is 25.7 Å². The van der Waals surface area contributed by atoms with E-state index in [-0.39, 0.29) is 25.7 Å². The fourth-order valence-corrected chi connectivity index (χ4v) is 14.6. The average molecular weight is 1510 g/mol. The van der Waals surface area contributed by atoms with Gasteiger partial charge in [-0.1, -0.05) is 395 Å².